The lowest BCUT2D eigenvalue weighted by molar-refractivity contribution is 0.0697. The Morgan fingerprint density at radius 2 is 1.71 bits per heavy atom. The molecule has 8 nitrogen and oxygen atoms in total. The molecule has 0 saturated heterocycles. The number of carbonyl (C=O) groups is 1. The van der Waals surface area contributed by atoms with Crippen LogP contribution in [0.2, 0.25) is 0 Å². The molecule has 1 aliphatic heterocycles. The van der Waals surface area contributed by atoms with E-state index in [-0.39, 0.29) is 16.9 Å². The number of rotatable bonds is 4. The van der Waals surface area contributed by atoms with Crippen LogP contribution in [0.1, 0.15) is 10.4 Å². The van der Waals surface area contributed by atoms with Crippen LogP contribution in [0.4, 0.5) is 5.69 Å². The fourth-order valence-corrected chi connectivity index (χ4v) is 4.12. The number of carboxylic acid groups (broad SMARTS) is 1. The van der Waals surface area contributed by atoms with Gasteiger partial charge in [0.25, 0.3) is 10.1 Å². The van der Waals surface area contributed by atoms with Crippen LogP contribution in [-0.4, -0.2) is 38.1 Å². The highest BCUT2D eigenvalue weighted by atomic mass is 32.2. The molecule has 2 aromatic carbocycles. The molecule has 31 heavy (non-hydrogen) atoms. The van der Waals surface area contributed by atoms with Crippen molar-refractivity contribution in [3.8, 4) is 22.5 Å². The van der Waals surface area contributed by atoms with E-state index in [1.54, 1.807) is 30.3 Å². The first-order valence-electron chi connectivity index (χ1n) is 9.10. The molecule has 0 atom stereocenters. The zero-order chi connectivity index (χ0) is 22.5. The van der Waals surface area contributed by atoms with Crippen molar-refractivity contribution in [3.63, 3.8) is 0 Å². The minimum Gasteiger partial charge on any atom is -0.478 e. The molecule has 0 unspecified atom stereocenters. The molecule has 0 radical (unpaired) electrons. The molecule has 1 heterocycles. The normalized spacial score (nSPS) is 11.7. The summed E-state index contributed by atoms with van der Waals surface area (Å²) in [7, 11) is -1.11. The third kappa shape index (κ3) is 3.54. The molecule has 2 N–H and O–H groups in total. The number of hydrogen-bond donors (Lipinski definition) is 2. The topological polar surface area (TPSA) is 125 Å². The van der Waals surface area contributed by atoms with E-state index in [1.165, 1.54) is 6.07 Å². The molecule has 0 amide bonds. The molecule has 0 fully saturated rings. The van der Waals surface area contributed by atoms with Crippen LogP contribution >= 0.6 is 0 Å². The SMILES string of the molecule is CN(C)c1ccc2c(-c3ccccc3C(=O)O)c3cc(S(=O)(=O)O)c(=O)cc-3oc2c1. The van der Waals surface area contributed by atoms with Gasteiger partial charge in [-0.15, -0.1) is 0 Å². The van der Waals surface area contributed by atoms with Crippen molar-refractivity contribution in [2.75, 3.05) is 19.0 Å². The van der Waals surface area contributed by atoms with E-state index in [0.29, 0.717) is 22.1 Å². The molecule has 1 aliphatic carbocycles. The predicted molar refractivity (Wildman–Crippen MR) is 116 cm³/mol. The van der Waals surface area contributed by atoms with Gasteiger partial charge in [-0.25, -0.2) is 4.79 Å². The van der Waals surface area contributed by atoms with Crippen molar-refractivity contribution >= 4 is 32.7 Å². The van der Waals surface area contributed by atoms with E-state index in [1.807, 2.05) is 25.1 Å². The third-order valence-corrected chi connectivity index (χ3v) is 5.87. The van der Waals surface area contributed by atoms with Gasteiger partial charge in [-0.1, -0.05) is 18.2 Å². The minimum absolute atomic E-state index is 0.00686. The summed E-state index contributed by atoms with van der Waals surface area (Å²) in [5.41, 5.74) is 1.14. The second-order valence-electron chi connectivity index (χ2n) is 7.17. The van der Waals surface area contributed by atoms with Crippen molar-refractivity contribution in [2.45, 2.75) is 4.90 Å². The molecule has 158 valence electrons. The number of benzene rings is 3. The second-order valence-corrected chi connectivity index (χ2v) is 8.56. The summed E-state index contributed by atoms with van der Waals surface area (Å²) in [6.07, 6.45) is 0. The molecule has 2 aliphatic rings. The second kappa shape index (κ2) is 7.22. The first-order valence-corrected chi connectivity index (χ1v) is 10.5. The monoisotopic (exact) mass is 439 g/mol. The Labute approximate surface area is 177 Å². The van der Waals surface area contributed by atoms with Gasteiger partial charge in [0.15, 0.2) is 0 Å². The first kappa shape index (κ1) is 20.6. The standard InChI is InChI=1S/C22H17NO7S/c1-23(2)12-7-8-15-18(9-12)30-19-11-17(24)20(31(27,28)29)10-16(19)21(15)13-5-3-4-6-14(13)22(25)26/h3-11H,1-2H3,(H,25,26)(H,27,28,29). The smallest absolute Gasteiger partial charge is 0.336 e. The van der Waals surface area contributed by atoms with Crippen LogP contribution in [-0.2, 0) is 10.1 Å². The van der Waals surface area contributed by atoms with Crippen LogP contribution in [0.15, 0.2) is 68.7 Å². The predicted octanol–water partition coefficient (Wildman–Crippen LogP) is 3.58. The molecular formula is C22H17NO7S. The van der Waals surface area contributed by atoms with E-state index >= 15 is 0 Å². The van der Waals surface area contributed by atoms with E-state index < -0.39 is 26.4 Å². The van der Waals surface area contributed by atoms with Crippen LogP contribution in [0.25, 0.3) is 33.4 Å². The van der Waals surface area contributed by atoms with Crippen molar-refractivity contribution in [1.29, 1.82) is 0 Å². The molecule has 0 spiro atoms. The lowest BCUT2D eigenvalue weighted by Gasteiger charge is -2.19. The van der Waals surface area contributed by atoms with Gasteiger partial charge in [-0.3, -0.25) is 9.35 Å². The highest BCUT2D eigenvalue weighted by Crippen LogP contribution is 2.42. The van der Waals surface area contributed by atoms with Gasteiger partial charge >= 0.3 is 5.97 Å². The van der Waals surface area contributed by atoms with E-state index in [4.69, 9.17) is 4.42 Å². The van der Waals surface area contributed by atoms with Gasteiger partial charge in [-0.2, -0.15) is 8.42 Å². The molecular weight excluding hydrogens is 422 g/mol. The Morgan fingerprint density at radius 1 is 1.00 bits per heavy atom. The summed E-state index contributed by atoms with van der Waals surface area (Å²) in [5.74, 6) is -1.10. The first-order chi connectivity index (χ1) is 14.6. The Bertz CT molecular complexity index is 1490. The average Bonchev–Trinajstić information content (AvgIpc) is 2.70. The highest BCUT2D eigenvalue weighted by molar-refractivity contribution is 7.85. The lowest BCUT2D eigenvalue weighted by atomic mass is 9.90. The fourth-order valence-electron chi connectivity index (χ4n) is 3.54. The number of fused-ring (bicyclic) bond motifs is 2. The summed E-state index contributed by atoms with van der Waals surface area (Å²) >= 11 is 0. The van der Waals surface area contributed by atoms with Gasteiger partial charge in [-0.05, 0) is 29.8 Å². The summed E-state index contributed by atoms with van der Waals surface area (Å²) in [6, 6.07) is 13.5. The van der Waals surface area contributed by atoms with Crippen LogP contribution in [0.5, 0.6) is 0 Å². The van der Waals surface area contributed by atoms with E-state index in [9.17, 15) is 27.7 Å². The highest BCUT2D eigenvalue weighted by Gasteiger charge is 2.25. The van der Waals surface area contributed by atoms with Crippen molar-refractivity contribution in [2.24, 2.45) is 0 Å². The quantitative estimate of drug-likeness (QED) is 0.365. The van der Waals surface area contributed by atoms with Gasteiger partial charge in [0, 0.05) is 48.4 Å². The van der Waals surface area contributed by atoms with Gasteiger partial charge in [0.1, 0.15) is 16.2 Å². The number of anilines is 1. The maximum Gasteiger partial charge on any atom is 0.336 e. The Balaban J connectivity index is 2.24. The molecule has 0 aromatic heterocycles. The summed E-state index contributed by atoms with van der Waals surface area (Å²) in [4.78, 5) is 25.2. The van der Waals surface area contributed by atoms with Crippen molar-refractivity contribution in [1.82, 2.24) is 0 Å². The van der Waals surface area contributed by atoms with Gasteiger partial charge < -0.3 is 14.4 Å². The molecule has 0 saturated carbocycles. The Kier molecular flexibility index (Phi) is 4.79. The van der Waals surface area contributed by atoms with Crippen LogP contribution < -0.4 is 10.3 Å². The maximum absolute atomic E-state index is 12.3. The Hall–Kier alpha value is -3.69. The number of hydrogen-bond acceptors (Lipinski definition) is 6. The van der Waals surface area contributed by atoms with Crippen molar-refractivity contribution < 1.29 is 27.3 Å². The van der Waals surface area contributed by atoms with Gasteiger partial charge in [0.2, 0.25) is 5.43 Å². The molecule has 4 rings (SSSR count). The number of aromatic carboxylic acids is 1. The van der Waals surface area contributed by atoms with E-state index in [2.05, 4.69) is 0 Å². The zero-order valence-corrected chi connectivity index (χ0v) is 17.3. The summed E-state index contributed by atoms with van der Waals surface area (Å²) in [6.45, 7) is 0. The largest absolute Gasteiger partial charge is 0.478 e. The van der Waals surface area contributed by atoms with Crippen molar-refractivity contribution in [3.05, 3.63) is 70.4 Å². The zero-order valence-electron chi connectivity index (χ0n) is 16.5. The minimum atomic E-state index is -4.80. The van der Waals surface area contributed by atoms with E-state index in [0.717, 1.165) is 17.8 Å². The average molecular weight is 439 g/mol. The summed E-state index contributed by atoms with van der Waals surface area (Å²) < 4.78 is 38.8. The number of carboxylic acids is 1. The van der Waals surface area contributed by atoms with Crippen LogP contribution in [0, 0.1) is 0 Å². The summed E-state index contributed by atoms with van der Waals surface area (Å²) in [5, 5.41) is 10.2. The lowest BCUT2D eigenvalue weighted by Crippen LogP contribution is -2.14. The third-order valence-electron chi connectivity index (χ3n) is 4.99. The Morgan fingerprint density at radius 3 is 2.35 bits per heavy atom. The van der Waals surface area contributed by atoms with Gasteiger partial charge in [0.05, 0.1) is 5.56 Å². The molecule has 0 bridgehead atoms. The molecule has 2 aromatic rings. The maximum atomic E-state index is 12.3. The molecule has 9 heteroatoms. The van der Waals surface area contributed by atoms with Crippen LogP contribution in [0.3, 0.4) is 0 Å². The fraction of sp³-hybridized carbons (Fsp3) is 0.0909. The number of nitrogens with zero attached hydrogens (tertiary/aromatic N) is 1.